The minimum absolute atomic E-state index is 0.0625. The summed E-state index contributed by atoms with van der Waals surface area (Å²) in [6.45, 7) is 5.18. The highest BCUT2D eigenvalue weighted by Crippen LogP contribution is 2.29. The van der Waals surface area contributed by atoms with Crippen LogP contribution < -0.4 is 9.64 Å². The Kier molecular flexibility index (Phi) is 5.43. The highest BCUT2D eigenvalue weighted by atomic mass is 32.2. The first-order chi connectivity index (χ1) is 13.1. The van der Waals surface area contributed by atoms with E-state index in [9.17, 15) is 8.76 Å². The molecule has 1 atom stereocenters. The summed E-state index contributed by atoms with van der Waals surface area (Å²) in [6.07, 6.45) is 2.17. The second kappa shape index (κ2) is 7.96. The van der Waals surface area contributed by atoms with E-state index >= 15 is 0 Å². The van der Waals surface area contributed by atoms with Crippen LogP contribution in [0.2, 0.25) is 0 Å². The standard InChI is InChI=1S/C20H25N3O3S/c1-15-11-16-12-22(14-27(24)25)13-19(16)21-20(15)23-9-7-18(8-10-23)26-17-5-3-2-4-6-17/h2-6,11,18H,7-10,12-14H2,1H3,(H,24,25)/p-1. The summed E-state index contributed by atoms with van der Waals surface area (Å²) in [5.74, 6) is 2.02. The first-order valence-corrected chi connectivity index (χ1v) is 10.6. The lowest BCUT2D eigenvalue weighted by molar-refractivity contribution is 0.170. The van der Waals surface area contributed by atoms with Gasteiger partial charge in [-0.05, 0) is 47.3 Å². The molecule has 2 aliphatic rings. The maximum Gasteiger partial charge on any atom is 0.131 e. The quantitative estimate of drug-likeness (QED) is 0.736. The fraction of sp³-hybridized carbons (Fsp3) is 0.450. The lowest BCUT2D eigenvalue weighted by Crippen LogP contribution is -2.39. The molecule has 1 aromatic carbocycles. The summed E-state index contributed by atoms with van der Waals surface area (Å²) < 4.78 is 28.0. The summed E-state index contributed by atoms with van der Waals surface area (Å²) >= 11 is -2.06. The van der Waals surface area contributed by atoms with Gasteiger partial charge in [-0.1, -0.05) is 18.2 Å². The Bertz CT molecular complexity index is 823. The van der Waals surface area contributed by atoms with E-state index in [4.69, 9.17) is 9.72 Å². The Labute approximate surface area is 162 Å². The molecule has 3 heterocycles. The zero-order chi connectivity index (χ0) is 18.8. The molecule has 27 heavy (non-hydrogen) atoms. The lowest BCUT2D eigenvalue weighted by Gasteiger charge is -2.34. The molecule has 0 amide bonds. The third-order valence-electron chi connectivity index (χ3n) is 5.20. The molecule has 2 aliphatic heterocycles. The number of ether oxygens (including phenoxy) is 1. The number of hydrogen-bond donors (Lipinski definition) is 0. The van der Waals surface area contributed by atoms with Crippen molar-refractivity contribution in [3.63, 3.8) is 0 Å². The van der Waals surface area contributed by atoms with Gasteiger partial charge in [0.15, 0.2) is 0 Å². The average molecular weight is 386 g/mol. The van der Waals surface area contributed by atoms with Crippen LogP contribution in [0, 0.1) is 6.92 Å². The minimum atomic E-state index is -2.06. The van der Waals surface area contributed by atoms with Crippen LogP contribution >= 0.6 is 0 Å². The molecule has 144 valence electrons. The van der Waals surface area contributed by atoms with Crippen LogP contribution in [0.3, 0.4) is 0 Å². The molecule has 7 heteroatoms. The van der Waals surface area contributed by atoms with Crippen molar-refractivity contribution in [1.82, 2.24) is 9.88 Å². The van der Waals surface area contributed by atoms with Gasteiger partial charge in [0.25, 0.3) is 0 Å². The van der Waals surface area contributed by atoms with Crippen LogP contribution in [-0.2, 0) is 24.2 Å². The molecule has 2 aromatic rings. The monoisotopic (exact) mass is 386 g/mol. The second-order valence-corrected chi connectivity index (χ2v) is 8.14. The van der Waals surface area contributed by atoms with Crippen molar-refractivity contribution >= 4 is 16.9 Å². The van der Waals surface area contributed by atoms with E-state index in [2.05, 4.69) is 17.9 Å². The average Bonchev–Trinajstić information content (AvgIpc) is 3.03. The number of nitrogens with zero attached hydrogens (tertiary/aromatic N) is 3. The normalized spacial score (nSPS) is 19.1. The zero-order valence-electron chi connectivity index (χ0n) is 15.5. The topological polar surface area (TPSA) is 68.7 Å². The first-order valence-electron chi connectivity index (χ1n) is 9.33. The van der Waals surface area contributed by atoms with E-state index in [1.54, 1.807) is 0 Å². The number of hydrogen-bond acceptors (Lipinski definition) is 6. The van der Waals surface area contributed by atoms with Crippen LogP contribution in [-0.4, -0.2) is 43.7 Å². The summed E-state index contributed by atoms with van der Waals surface area (Å²) in [5.41, 5.74) is 3.30. The Morgan fingerprint density at radius 3 is 2.67 bits per heavy atom. The van der Waals surface area contributed by atoms with E-state index < -0.39 is 11.1 Å². The number of aromatic nitrogens is 1. The summed E-state index contributed by atoms with van der Waals surface area (Å²) in [4.78, 5) is 9.12. The number of aryl methyl sites for hydroxylation is 1. The molecule has 6 nitrogen and oxygen atoms in total. The van der Waals surface area contributed by atoms with Gasteiger partial charge in [-0.3, -0.25) is 9.11 Å². The van der Waals surface area contributed by atoms with Crippen LogP contribution in [0.1, 0.15) is 29.7 Å². The van der Waals surface area contributed by atoms with Gasteiger partial charge in [-0.2, -0.15) is 0 Å². The Morgan fingerprint density at radius 2 is 1.96 bits per heavy atom. The van der Waals surface area contributed by atoms with E-state index in [1.165, 1.54) is 0 Å². The van der Waals surface area contributed by atoms with Gasteiger partial charge < -0.3 is 14.2 Å². The molecule has 1 saturated heterocycles. The number of piperidine rings is 1. The van der Waals surface area contributed by atoms with Crippen molar-refractivity contribution < 1.29 is 13.5 Å². The third kappa shape index (κ3) is 4.31. The maximum absolute atomic E-state index is 11.0. The largest absolute Gasteiger partial charge is 0.771 e. The van der Waals surface area contributed by atoms with Crippen LogP contribution in [0.25, 0.3) is 0 Å². The van der Waals surface area contributed by atoms with Crippen LogP contribution in [0.15, 0.2) is 36.4 Å². The number of anilines is 1. The summed E-state index contributed by atoms with van der Waals surface area (Å²) in [5, 5.41) is 0. The summed E-state index contributed by atoms with van der Waals surface area (Å²) in [6, 6.07) is 12.1. The molecule has 0 radical (unpaired) electrons. The number of pyridine rings is 1. The van der Waals surface area contributed by atoms with Crippen molar-refractivity contribution in [3.05, 3.63) is 53.2 Å². The van der Waals surface area contributed by atoms with Gasteiger partial charge in [-0.25, -0.2) is 4.98 Å². The Balaban J connectivity index is 1.40. The van der Waals surface area contributed by atoms with Crippen LogP contribution in [0.4, 0.5) is 5.82 Å². The van der Waals surface area contributed by atoms with Gasteiger partial charge in [0.2, 0.25) is 0 Å². The fourth-order valence-corrected chi connectivity index (χ4v) is 4.40. The van der Waals surface area contributed by atoms with Crippen molar-refractivity contribution in [1.29, 1.82) is 0 Å². The molecule has 0 bridgehead atoms. The van der Waals surface area contributed by atoms with Gasteiger partial charge in [0.1, 0.15) is 17.7 Å². The smallest absolute Gasteiger partial charge is 0.131 e. The van der Waals surface area contributed by atoms with Crippen molar-refractivity contribution in [3.8, 4) is 5.75 Å². The number of para-hydroxylation sites is 1. The number of fused-ring (bicyclic) bond motifs is 1. The fourth-order valence-electron chi connectivity index (χ4n) is 3.92. The molecule has 4 rings (SSSR count). The van der Waals surface area contributed by atoms with Crippen LogP contribution in [0.5, 0.6) is 5.75 Å². The molecule has 0 N–H and O–H groups in total. The van der Waals surface area contributed by atoms with Crippen molar-refractivity contribution in [2.45, 2.75) is 39.0 Å². The molecular weight excluding hydrogens is 362 g/mol. The molecule has 1 fully saturated rings. The predicted octanol–water partition coefficient (Wildman–Crippen LogP) is 2.59. The molecular formula is C20H24N3O3S-. The maximum atomic E-state index is 11.0. The van der Waals surface area contributed by atoms with Gasteiger partial charge in [-0.15, -0.1) is 0 Å². The Hall–Kier alpha value is -1.96. The zero-order valence-corrected chi connectivity index (χ0v) is 16.3. The number of benzene rings is 1. The van der Waals surface area contributed by atoms with E-state index in [0.29, 0.717) is 13.1 Å². The van der Waals surface area contributed by atoms with E-state index in [1.807, 2.05) is 35.2 Å². The van der Waals surface area contributed by atoms with Crippen molar-refractivity contribution in [2.24, 2.45) is 0 Å². The molecule has 0 saturated carbocycles. The molecule has 0 aliphatic carbocycles. The molecule has 0 spiro atoms. The van der Waals surface area contributed by atoms with E-state index in [-0.39, 0.29) is 12.0 Å². The second-order valence-electron chi connectivity index (χ2n) is 7.27. The predicted molar refractivity (Wildman–Crippen MR) is 104 cm³/mol. The molecule has 1 aromatic heterocycles. The third-order valence-corrected chi connectivity index (χ3v) is 5.77. The number of rotatable bonds is 5. The lowest BCUT2D eigenvalue weighted by atomic mass is 10.1. The molecule has 1 unspecified atom stereocenters. The van der Waals surface area contributed by atoms with Gasteiger partial charge in [0, 0.05) is 39.0 Å². The van der Waals surface area contributed by atoms with Gasteiger partial charge in [0.05, 0.1) is 11.6 Å². The Morgan fingerprint density at radius 1 is 1.22 bits per heavy atom. The SMILES string of the molecule is Cc1cc2c(nc1N1CCC(Oc3ccccc3)CC1)CN(CS(=O)[O-])C2. The van der Waals surface area contributed by atoms with Gasteiger partial charge >= 0.3 is 0 Å². The van der Waals surface area contributed by atoms with Crippen molar-refractivity contribution in [2.75, 3.05) is 23.9 Å². The first kappa shape index (κ1) is 18.4. The van der Waals surface area contributed by atoms with E-state index in [0.717, 1.165) is 54.3 Å². The highest BCUT2D eigenvalue weighted by molar-refractivity contribution is 7.79. The summed E-state index contributed by atoms with van der Waals surface area (Å²) in [7, 11) is 0. The highest BCUT2D eigenvalue weighted by Gasteiger charge is 2.26. The minimum Gasteiger partial charge on any atom is -0.771 e.